The summed E-state index contributed by atoms with van der Waals surface area (Å²) < 4.78 is 0. The minimum Gasteiger partial charge on any atom is -0.355 e. The van der Waals surface area contributed by atoms with E-state index >= 15 is 0 Å². The highest BCUT2D eigenvalue weighted by Crippen LogP contribution is 2.15. The van der Waals surface area contributed by atoms with Crippen LogP contribution < -0.4 is 5.32 Å². The molecule has 0 aliphatic heterocycles. The van der Waals surface area contributed by atoms with Gasteiger partial charge >= 0.3 is 0 Å². The van der Waals surface area contributed by atoms with Gasteiger partial charge in [-0.2, -0.15) is 0 Å². The molecule has 0 aliphatic carbocycles. The van der Waals surface area contributed by atoms with Gasteiger partial charge in [-0.3, -0.25) is 19.9 Å². The van der Waals surface area contributed by atoms with Crippen LogP contribution in [-0.2, 0) is 6.42 Å². The Hall–Kier alpha value is -1.98. The van der Waals surface area contributed by atoms with E-state index in [9.17, 15) is 14.9 Å². The molecule has 0 fully saturated rings. The monoisotopic (exact) mass is 209 g/mol. The Morgan fingerprint density at radius 1 is 1.67 bits per heavy atom. The van der Waals surface area contributed by atoms with Crippen LogP contribution in [0.4, 0.5) is 5.69 Å². The van der Waals surface area contributed by atoms with Crippen molar-refractivity contribution in [3.63, 3.8) is 0 Å². The van der Waals surface area contributed by atoms with Gasteiger partial charge in [0.15, 0.2) is 0 Å². The second-order valence-corrected chi connectivity index (χ2v) is 2.88. The summed E-state index contributed by atoms with van der Waals surface area (Å²) in [5.74, 6) is -0.358. The van der Waals surface area contributed by atoms with Crippen molar-refractivity contribution in [3.05, 3.63) is 33.6 Å². The third-order valence-corrected chi connectivity index (χ3v) is 1.97. The summed E-state index contributed by atoms with van der Waals surface area (Å²) in [6, 6.07) is 1.24. The molecule has 6 nitrogen and oxygen atoms in total. The van der Waals surface area contributed by atoms with Gasteiger partial charge in [0.2, 0.25) is 0 Å². The normalized spacial score (nSPS) is 9.73. The molecule has 0 bridgehead atoms. The molecule has 0 saturated heterocycles. The van der Waals surface area contributed by atoms with Crippen molar-refractivity contribution in [2.24, 2.45) is 0 Å². The van der Waals surface area contributed by atoms with Gasteiger partial charge < -0.3 is 5.32 Å². The fourth-order valence-electron chi connectivity index (χ4n) is 1.19. The zero-order valence-electron chi connectivity index (χ0n) is 8.48. The Bertz CT molecular complexity index is 404. The summed E-state index contributed by atoms with van der Waals surface area (Å²) >= 11 is 0. The fourth-order valence-corrected chi connectivity index (χ4v) is 1.19. The van der Waals surface area contributed by atoms with Crippen LogP contribution in [0.2, 0.25) is 0 Å². The van der Waals surface area contributed by atoms with Crippen molar-refractivity contribution in [2.75, 3.05) is 7.05 Å². The minimum absolute atomic E-state index is 0.175. The first-order valence-corrected chi connectivity index (χ1v) is 4.45. The van der Waals surface area contributed by atoms with Gasteiger partial charge in [0.05, 0.1) is 16.2 Å². The predicted octanol–water partition coefficient (Wildman–Crippen LogP) is 0.912. The second kappa shape index (κ2) is 4.50. The van der Waals surface area contributed by atoms with E-state index in [-0.39, 0.29) is 17.2 Å². The fraction of sp³-hybridized carbons (Fsp3) is 0.333. The minimum atomic E-state index is -0.571. The van der Waals surface area contributed by atoms with Gasteiger partial charge in [-0.1, -0.05) is 6.92 Å². The Morgan fingerprint density at radius 2 is 2.33 bits per heavy atom. The zero-order chi connectivity index (χ0) is 11.4. The molecule has 80 valence electrons. The summed E-state index contributed by atoms with van der Waals surface area (Å²) in [6.07, 6.45) is 1.71. The molecule has 1 aromatic rings. The van der Waals surface area contributed by atoms with E-state index in [1.54, 1.807) is 0 Å². The molecule has 0 saturated carbocycles. The number of aryl methyl sites for hydroxylation is 1. The Morgan fingerprint density at radius 3 is 2.80 bits per heavy atom. The maximum absolute atomic E-state index is 11.4. The lowest BCUT2D eigenvalue weighted by atomic mass is 10.1. The quantitative estimate of drug-likeness (QED) is 0.592. The SMILES string of the molecule is CCc1ncc([N+](=O)[O-])cc1C(=O)NC. The molecule has 15 heavy (non-hydrogen) atoms. The van der Waals surface area contributed by atoms with Gasteiger partial charge in [-0.05, 0) is 6.42 Å². The van der Waals surface area contributed by atoms with Crippen molar-refractivity contribution < 1.29 is 9.72 Å². The Labute approximate surface area is 86.5 Å². The van der Waals surface area contributed by atoms with Gasteiger partial charge in [-0.15, -0.1) is 0 Å². The largest absolute Gasteiger partial charge is 0.355 e. The average Bonchev–Trinajstić information content (AvgIpc) is 2.27. The topological polar surface area (TPSA) is 85.1 Å². The van der Waals surface area contributed by atoms with Crippen molar-refractivity contribution in [1.29, 1.82) is 0 Å². The van der Waals surface area contributed by atoms with E-state index in [0.29, 0.717) is 12.1 Å². The highest BCUT2D eigenvalue weighted by atomic mass is 16.6. The highest BCUT2D eigenvalue weighted by molar-refractivity contribution is 5.95. The van der Waals surface area contributed by atoms with E-state index in [0.717, 1.165) is 6.20 Å². The molecular weight excluding hydrogens is 198 g/mol. The number of carbonyl (C=O) groups excluding carboxylic acids is 1. The molecular formula is C9H11N3O3. The summed E-state index contributed by atoms with van der Waals surface area (Å²) in [5, 5.41) is 12.9. The van der Waals surface area contributed by atoms with E-state index in [2.05, 4.69) is 10.3 Å². The molecule has 0 aliphatic rings. The molecule has 1 amide bonds. The maximum atomic E-state index is 11.4. The van der Waals surface area contributed by atoms with Crippen molar-refractivity contribution in [2.45, 2.75) is 13.3 Å². The van der Waals surface area contributed by atoms with Gasteiger partial charge in [0.25, 0.3) is 11.6 Å². The molecule has 0 aromatic carbocycles. The van der Waals surface area contributed by atoms with Crippen LogP contribution in [0.5, 0.6) is 0 Å². The number of pyridine rings is 1. The number of nitrogens with zero attached hydrogens (tertiary/aromatic N) is 2. The Balaban J connectivity index is 3.25. The molecule has 0 unspecified atom stereocenters. The molecule has 1 N–H and O–H groups in total. The lowest BCUT2D eigenvalue weighted by Crippen LogP contribution is -2.20. The first-order chi connectivity index (χ1) is 7.10. The molecule has 0 atom stereocenters. The molecule has 1 aromatic heterocycles. The number of nitrogens with one attached hydrogen (secondary N) is 1. The highest BCUT2D eigenvalue weighted by Gasteiger charge is 2.15. The average molecular weight is 209 g/mol. The van der Waals surface area contributed by atoms with Gasteiger partial charge in [0, 0.05) is 13.1 Å². The van der Waals surface area contributed by atoms with E-state index < -0.39 is 4.92 Å². The lowest BCUT2D eigenvalue weighted by Gasteiger charge is -2.04. The lowest BCUT2D eigenvalue weighted by molar-refractivity contribution is -0.385. The molecule has 0 spiro atoms. The van der Waals surface area contributed by atoms with Crippen molar-refractivity contribution >= 4 is 11.6 Å². The maximum Gasteiger partial charge on any atom is 0.288 e. The van der Waals surface area contributed by atoms with Crippen LogP contribution in [0, 0.1) is 10.1 Å². The van der Waals surface area contributed by atoms with Crippen LogP contribution in [0.1, 0.15) is 23.0 Å². The van der Waals surface area contributed by atoms with E-state index in [1.807, 2.05) is 6.92 Å². The zero-order valence-corrected chi connectivity index (χ0v) is 8.48. The molecule has 1 heterocycles. The third kappa shape index (κ3) is 2.28. The molecule has 6 heteroatoms. The van der Waals surface area contributed by atoms with Gasteiger partial charge in [0.1, 0.15) is 6.20 Å². The number of nitro groups is 1. The summed E-state index contributed by atoms with van der Waals surface area (Å²) in [5.41, 5.74) is 0.639. The van der Waals surface area contributed by atoms with Crippen LogP contribution in [0.3, 0.4) is 0 Å². The number of hydrogen-bond donors (Lipinski definition) is 1. The van der Waals surface area contributed by atoms with E-state index in [1.165, 1.54) is 13.1 Å². The summed E-state index contributed by atoms with van der Waals surface area (Å²) in [4.78, 5) is 25.2. The predicted molar refractivity (Wildman–Crippen MR) is 53.7 cm³/mol. The van der Waals surface area contributed by atoms with Crippen molar-refractivity contribution in [3.8, 4) is 0 Å². The number of aromatic nitrogens is 1. The standard InChI is InChI=1S/C9H11N3O3/c1-3-8-7(9(13)10-2)4-6(5-11-8)12(14)15/h4-5H,3H2,1-2H3,(H,10,13). The van der Waals surface area contributed by atoms with E-state index in [4.69, 9.17) is 0 Å². The summed E-state index contributed by atoms with van der Waals surface area (Å²) in [7, 11) is 1.47. The van der Waals surface area contributed by atoms with Crippen molar-refractivity contribution in [1.82, 2.24) is 10.3 Å². The second-order valence-electron chi connectivity index (χ2n) is 2.88. The van der Waals surface area contributed by atoms with Crippen LogP contribution >= 0.6 is 0 Å². The number of rotatable bonds is 3. The van der Waals surface area contributed by atoms with Crippen LogP contribution in [0.25, 0.3) is 0 Å². The van der Waals surface area contributed by atoms with Crippen LogP contribution in [0.15, 0.2) is 12.3 Å². The first-order valence-electron chi connectivity index (χ1n) is 4.45. The van der Waals surface area contributed by atoms with Gasteiger partial charge in [-0.25, -0.2) is 0 Å². The Kier molecular flexibility index (Phi) is 3.33. The third-order valence-electron chi connectivity index (χ3n) is 1.97. The number of amides is 1. The summed E-state index contributed by atoms with van der Waals surface area (Å²) in [6.45, 7) is 1.83. The molecule has 1 rings (SSSR count). The first kappa shape index (κ1) is 11.1. The number of carbonyl (C=O) groups is 1. The number of hydrogen-bond acceptors (Lipinski definition) is 4. The molecule has 0 radical (unpaired) electrons. The van der Waals surface area contributed by atoms with Crippen LogP contribution in [-0.4, -0.2) is 22.9 Å². The smallest absolute Gasteiger partial charge is 0.288 e.